The Bertz CT molecular complexity index is 477. The smallest absolute Gasteiger partial charge is 0.133 e. The van der Waals surface area contributed by atoms with Gasteiger partial charge in [0.1, 0.15) is 12.1 Å². The highest BCUT2D eigenvalue weighted by molar-refractivity contribution is 5.68. The minimum Gasteiger partial charge on any atom is -0.472 e. The monoisotopic (exact) mass is 231 g/mol. The fourth-order valence-electron chi connectivity index (χ4n) is 1.88. The number of furan rings is 1. The van der Waals surface area contributed by atoms with E-state index in [4.69, 9.17) is 4.42 Å². The lowest BCUT2D eigenvalue weighted by Crippen LogP contribution is -2.07. The summed E-state index contributed by atoms with van der Waals surface area (Å²) in [6, 6.07) is 1.92. The normalized spacial score (nSPS) is 10.8. The van der Waals surface area contributed by atoms with Gasteiger partial charge in [-0.2, -0.15) is 0 Å². The van der Waals surface area contributed by atoms with Gasteiger partial charge in [0.05, 0.1) is 18.2 Å². The summed E-state index contributed by atoms with van der Waals surface area (Å²) in [5.74, 6) is 1.27. The number of anilines is 1. The van der Waals surface area contributed by atoms with E-state index in [0.29, 0.717) is 5.92 Å². The first kappa shape index (κ1) is 11.6. The van der Waals surface area contributed by atoms with Crippen molar-refractivity contribution in [3.8, 4) is 11.3 Å². The van der Waals surface area contributed by atoms with Crippen LogP contribution in [-0.4, -0.2) is 16.5 Å². The Morgan fingerprint density at radius 3 is 2.76 bits per heavy atom. The molecule has 4 heteroatoms. The van der Waals surface area contributed by atoms with Crippen molar-refractivity contribution in [1.29, 1.82) is 0 Å². The molecule has 2 aromatic heterocycles. The van der Waals surface area contributed by atoms with Crippen molar-refractivity contribution in [1.82, 2.24) is 9.97 Å². The summed E-state index contributed by atoms with van der Waals surface area (Å²) >= 11 is 0. The third-order valence-corrected chi connectivity index (χ3v) is 2.60. The average molecular weight is 231 g/mol. The van der Waals surface area contributed by atoms with Crippen LogP contribution in [0.3, 0.4) is 0 Å². The van der Waals surface area contributed by atoms with E-state index in [2.05, 4.69) is 36.1 Å². The molecule has 0 atom stereocenters. The molecule has 2 rings (SSSR count). The molecular weight excluding hydrogens is 214 g/mol. The van der Waals surface area contributed by atoms with Gasteiger partial charge in [-0.25, -0.2) is 9.97 Å². The first-order valence-electron chi connectivity index (χ1n) is 5.85. The number of nitrogens with zero attached hydrogens (tertiary/aromatic N) is 2. The summed E-state index contributed by atoms with van der Waals surface area (Å²) in [6.45, 7) is 7.19. The summed E-state index contributed by atoms with van der Waals surface area (Å²) in [5, 5.41) is 3.28. The average Bonchev–Trinajstić information content (AvgIpc) is 2.82. The second kappa shape index (κ2) is 4.99. The van der Waals surface area contributed by atoms with Gasteiger partial charge in [-0.15, -0.1) is 0 Å². The Balaban J connectivity index is 2.55. The fraction of sp³-hybridized carbons (Fsp3) is 0.385. The van der Waals surface area contributed by atoms with Crippen LogP contribution in [0, 0.1) is 0 Å². The minimum absolute atomic E-state index is 0.357. The van der Waals surface area contributed by atoms with Crippen molar-refractivity contribution in [2.24, 2.45) is 0 Å². The molecule has 0 aliphatic heterocycles. The molecule has 0 amide bonds. The molecule has 1 N–H and O–H groups in total. The summed E-state index contributed by atoms with van der Waals surface area (Å²) in [4.78, 5) is 8.68. The van der Waals surface area contributed by atoms with Gasteiger partial charge < -0.3 is 9.73 Å². The molecule has 0 aliphatic rings. The Kier molecular flexibility index (Phi) is 3.42. The van der Waals surface area contributed by atoms with Gasteiger partial charge in [0.2, 0.25) is 0 Å². The molecule has 0 aliphatic carbocycles. The highest BCUT2D eigenvalue weighted by atomic mass is 16.3. The topological polar surface area (TPSA) is 51.0 Å². The Morgan fingerprint density at radius 2 is 2.18 bits per heavy atom. The zero-order valence-electron chi connectivity index (χ0n) is 10.4. The van der Waals surface area contributed by atoms with Crippen molar-refractivity contribution in [2.75, 3.05) is 11.9 Å². The minimum atomic E-state index is 0.357. The van der Waals surface area contributed by atoms with Crippen LogP contribution in [0.4, 0.5) is 5.82 Å². The lowest BCUT2D eigenvalue weighted by Gasteiger charge is -2.15. The van der Waals surface area contributed by atoms with E-state index in [1.165, 1.54) is 0 Å². The molecule has 4 nitrogen and oxygen atoms in total. The first-order valence-corrected chi connectivity index (χ1v) is 5.85. The SMILES string of the molecule is CCNc1ncnc(-c2ccoc2)c1C(C)C. The number of aromatic nitrogens is 2. The van der Waals surface area contributed by atoms with Crippen LogP contribution in [-0.2, 0) is 0 Å². The molecule has 0 spiro atoms. The van der Waals surface area contributed by atoms with Crippen molar-refractivity contribution < 1.29 is 4.42 Å². The molecule has 0 fully saturated rings. The molecule has 2 aromatic rings. The molecule has 0 unspecified atom stereocenters. The zero-order chi connectivity index (χ0) is 12.3. The molecule has 0 radical (unpaired) electrons. The molecule has 0 saturated heterocycles. The van der Waals surface area contributed by atoms with Gasteiger partial charge in [0.15, 0.2) is 0 Å². The molecule has 0 aromatic carbocycles. The molecule has 17 heavy (non-hydrogen) atoms. The predicted octanol–water partition coefficient (Wildman–Crippen LogP) is 3.29. The van der Waals surface area contributed by atoms with Crippen molar-refractivity contribution >= 4 is 5.82 Å². The van der Waals surface area contributed by atoms with Crippen molar-refractivity contribution in [3.63, 3.8) is 0 Å². The number of hydrogen-bond acceptors (Lipinski definition) is 4. The lowest BCUT2D eigenvalue weighted by molar-refractivity contribution is 0.568. The van der Waals surface area contributed by atoms with E-state index in [9.17, 15) is 0 Å². The van der Waals surface area contributed by atoms with E-state index in [1.54, 1.807) is 18.9 Å². The van der Waals surface area contributed by atoms with Gasteiger partial charge in [-0.05, 0) is 18.9 Å². The maximum absolute atomic E-state index is 5.12. The van der Waals surface area contributed by atoms with Gasteiger partial charge in [0, 0.05) is 17.7 Å². The summed E-state index contributed by atoms with van der Waals surface area (Å²) in [6.07, 6.45) is 4.96. The summed E-state index contributed by atoms with van der Waals surface area (Å²) in [7, 11) is 0. The predicted molar refractivity (Wildman–Crippen MR) is 68.0 cm³/mol. The van der Waals surface area contributed by atoms with Crippen LogP contribution in [0.2, 0.25) is 0 Å². The van der Waals surface area contributed by atoms with Crippen molar-refractivity contribution in [3.05, 3.63) is 30.5 Å². The van der Waals surface area contributed by atoms with Crippen LogP contribution in [0.25, 0.3) is 11.3 Å². The van der Waals surface area contributed by atoms with Crippen LogP contribution < -0.4 is 5.32 Å². The van der Waals surface area contributed by atoms with Crippen LogP contribution >= 0.6 is 0 Å². The third kappa shape index (κ3) is 2.30. The van der Waals surface area contributed by atoms with Gasteiger partial charge in [-0.1, -0.05) is 13.8 Å². The fourth-order valence-corrected chi connectivity index (χ4v) is 1.88. The Labute approximate surface area is 101 Å². The second-order valence-electron chi connectivity index (χ2n) is 4.18. The zero-order valence-corrected chi connectivity index (χ0v) is 10.4. The molecular formula is C13H17N3O. The van der Waals surface area contributed by atoms with Crippen molar-refractivity contribution in [2.45, 2.75) is 26.7 Å². The lowest BCUT2D eigenvalue weighted by atomic mass is 9.99. The van der Waals surface area contributed by atoms with E-state index in [1.807, 2.05) is 6.07 Å². The van der Waals surface area contributed by atoms with Gasteiger partial charge >= 0.3 is 0 Å². The molecule has 0 bridgehead atoms. The quantitative estimate of drug-likeness (QED) is 0.877. The van der Waals surface area contributed by atoms with E-state index < -0.39 is 0 Å². The molecule has 2 heterocycles. The van der Waals surface area contributed by atoms with Crippen LogP contribution in [0.15, 0.2) is 29.3 Å². The first-order chi connectivity index (χ1) is 8.24. The van der Waals surface area contributed by atoms with Crippen LogP contribution in [0.1, 0.15) is 32.3 Å². The number of hydrogen-bond donors (Lipinski definition) is 1. The second-order valence-corrected chi connectivity index (χ2v) is 4.18. The Morgan fingerprint density at radius 1 is 1.35 bits per heavy atom. The van der Waals surface area contributed by atoms with Gasteiger partial charge in [0.25, 0.3) is 0 Å². The maximum Gasteiger partial charge on any atom is 0.133 e. The largest absolute Gasteiger partial charge is 0.472 e. The van der Waals surface area contributed by atoms with Crippen LogP contribution in [0.5, 0.6) is 0 Å². The number of nitrogens with one attached hydrogen (secondary N) is 1. The summed E-state index contributed by atoms with van der Waals surface area (Å²) in [5.41, 5.74) is 3.07. The third-order valence-electron chi connectivity index (χ3n) is 2.60. The highest BCUT2D eigenvalue weighted by Gasteiger charge is 2.16. The van der Waals surface area contributed by atoms with E-state index in [0.717, 1.165) is 29.2 Å². The molecule has 90 valence electrons. The summed E-state index contributed by atoms with van der Waals surface area (Å²) < 4.78 is 5.12. The van der Waals surface area contributed by atoms with E-state index in [-0.39, 0.29) is 0 Å². The van der Waals surface area contributed by atoms with E-state index >= 15 is 0 Å². The highest BCUT2D eigenvalue weighted by Crippen LogP contribution is 2.31. The Hall–Kier alpha value is -1.84. The molecule has 0 saturated carbocycles. The standard InChI is InChI=1S/C13H17N3O/c1-4-14-13-11(9(2)3)12(15-8-16-13)10-5-6-17-7-10/h5-9H,4H2,1-3H3,(H,14,15,16). The van der Waals surface area contributed by atoms with Gasteiger partial charge in [-0.3, -0.25) is 0 Å². The number of rotatable bonds is 4. The maximum atomic E-state index is 5.12.